The molecule has 2 aromatic carbocycles. The average Bonchev–Trinajstić information content (AvgIpc) is 3.02. The second-order valence-corrected chi connectivity index (χ2v) is 12.7. The summed E-state index contributed by atoms with van der Waals surface area (Å²) >= 11 is 0. The average molecular weight is 743 g/mol. The van der Waals surface area contributed by atoms with Crippen LogP contribution >= 0.6 is 0 Å². The highest BCUT2D eigenvalue weighted by Gasteiger charge is 2.38. The molecule has 0 radical (unpaired) electrons. The summed E-state index contributed by atoms with van der Waals surface area (Å²) < 4.78 is 119. The van der Waals surface area contributed by atoms with E-state index in [1.807, 2.05) is 6.92 Å². The molecule has 0 bridgehead atoms. The summed E-state index contributed by atoms with van der Waals surface area (Å²) in [7, 11) is -2.83. The summed E-state index contributed by atoms with van der Waals surface area (Å²) in [5, 5.41) is -0.280. The van der Waals surface area contributed by atoms with Gasteiger partial charge in [-0.05, 0) is 61.1 Å². The van der Waals surface area contributed by atoms with Crippen LogP contribution in [0.3, 0.4) is 0 Å². The lowest BCUT2D eigenvalue weighted by molar-refractivity contribution is -0.140. The number of carbonyl (C=O) groups excluding carboxylic acids is 1. The van der Waals surface area contributed by atoms with Crippen LogP contribution in [0.2, 0.25) is 0 Å². The number of nitrogen functional groups attached to an aromatic ring is 1. The van der Waals surface area contributed by atoms with E-state index in [1.54, 1.807) is 25.6 Å². The number of methoxy groups -OCH3 is 1. The van der Waals surface area contributed by atoms with Crippen LogP contribution in [0, 0.1) is 0 Å². The minimum atomic E-state index is -4.75. The molecule has 0 aliphatic carbocycles. The standard InChI is InChI=1S/C16H20F3N3O5S.C15H20F3NO3/c1-4-6-27-13(5-2)9-7-10-12(8-11(9)16(17,18)19)20-15(24)22(14(10)23)21-28(3,25)26;1-4-6-22-13(5-2)9-7-10(14(20)21-3)12(19)8-11(9)15(16,17)18/h7-8,13,21H,4-6H2,1-3H3,(H,20,24);7-8,13H,4-6,19H2,1-3H3. The van der Waals surface area contributed by atoms with Gasteiger partial charge < -0.3 is 24.9 Å². The van der Waals surface area contributed by atoms with E-state index in [2.05, 4.69) is 9.72 Å². The molecule has 0 aliphatic heterocycles. The Morgan fingerprint density at radius 3 is 1.78 bits per heavy atom. The number of fused-ring (bicyclic) bond motifs is 1. The summed E-state index contributed by atoms with van der Waals surface area (Å²) in [5.74, 6) is -0.780. The summed E-state index contributed by atoms with van der Waals surface area (Å²) in [6.07, 6.45) is -8.47. The van der Waals surface area contributed by atoms with Gasteiger partial charge in [-0.1, -0.05) is 27.7 Å². The van der Waals surface area contributed by atoms with Crippen LogP contribution in [-0.2, 0) is 36.6 Å². The maximum atomic E-state index is 13.6. The Kier molecular flexibility index (Phi) is 14.5. The number of aromatic amines is 1. The van der Waals surface area contributed by atoms with Crippen molar-refractivity contribution in [3.8, 4) is 0 Å². The van der Waals surface area contributed by atoms with Gasteiger partial charge in [0, 0.05) is 18.9 Å². The number of hydrogen-bond acceptors (Lipinski definition) is 9. The molecule has 2 unspecified atom stereocenters. The number of esters is 1. The molecule has 12 nitrogen and oxygen atoms in total. The number of halogens is 6. The van der Waals surface area contributed by atoms with Crippen molar-refractivity contribution in [2.45, 2.75) is 77.9 Å². The van der Waals surface area contributed by atoms with Gasteiger partial charge in [-0.25, -0.2) is 22.8 Å². The molecule has 1 aromatic heterocycles. The Labute approximate surface area is 283 Å². The van der Waals surface area contributed by atoms with E-state index >= 15 is 0 Å². The van der Waals surface area contributed by atoms with E-state index in [0.29, 0.717) is 31.9 Å². The second kappa shape index (κ2) is 17.2. The predicted octanol–water partition coefficient (Wildman–Crippen LogP) is 6.04. The fourth-order valence-corrected chi connectivity index (χ4v) is 5.35. The number of nitrogens with two attached hydrogens (primary N) is 1. The maximum absolute atomic E-state index is 13.6. The first kappa shape index (κ1) is 42.1. The molecule has 0 fully saturated rings. The van der Waals surface area contributed by atoms with Crippen LogP contribution in [0.1, 0.15) is 98.2 Å². The van der Waals surface area contributed by atoms with Crippen molar-refractivity contribution in [2.24, 2.45) is 0 Å². The third-order valence-corrected chi connectivity index (χ3v) is 7.56. The molecule has 0 aliphatic rings. The van der Waals surface area contributed by atoms with Crippen LogP contribution < -0.4 is 21.8 Å². The van der Waals surface area contributed by atoms with Gasteiger partial charge in [0.15, 0.2) is 0 Å². The number of nitrogens with zero attached hydrogens (tertiary/aromatic N) is 1. The van der Waals surface area contributed by atoms with E-state index in [-0.39, 0.29) is 51.0 Å². The molecule has 0 saturated carbocycles. The van der Waals surface area contributed by atoms with Gasteiger partial charge in [-0.3, -0.25) is 4.79 Å². The highest BCUT2D eigenvalue weighted by atomic mass is 32.2. The van der Waals surface area contributed by atoms with Crippen LogP contribution in [0.4, 0.5) is 32.0 Å². The van der Waals surface area contributed by atoms with E-state index in [9.17, 15) is 49.1 Å². The molecule has 1 heterocycles. The summed E-state index contributed by atoms with van der Waals surface area (Å²) in [5.41, 5.74) is 0.257. The van der Waals surface area contributed by atoms with E-state index in [1.165, 1.54) is 0 Å². The predicted molar refractivity (Wildman–Crippen MR) is 174 cm³/mol. The van der Waals surface area contributed by atoms with Crippen molar-refractivity contribution >= 4 is 32.6 Å². The number of anilines is 1. The summed E-state index contributed by atoms with van der Waals surface area (Å²) in [6.45, 7) is 7.57. The lowest BCUT2D eigenvalue weighted by atomic mass is 9.96. The van der Waals surface area contributed by atoms with Crippen molar-refractivity contribution in [3.63, 3.8) is 0 Å². The Morgan fingerprint density at radius 2 is 1.36 bits per heavy atom. The zero-order valence-electron chi connectivity index (χ0n) is 28.2. The Balaban J connectivity index is 0.000000358. The number of carbonyl (C=O) groups is 1. The van der Waals surface area contributed by atoms with Gasteiger partial charge in [0.05, 0.1) is 53.2 Å². The smallest absolute Gasteiger partial charge is 0.416 e. The van der Waals surface area contributed by atoms with Crippen LogP contribution in [-0.4, -0.2) is 50.6 Å². The van der Waals surface area contributed by atoms with Gasteiger partial charge in [0.1, 0.15) is 0 Å². The van der Waals surface area contributed by atoms with Crippen LogP contribution in [0.5, 0.6) is 0 Å². The monoisotopic (exact) mass is 742 g/mol. The van der Waals surface area contributed by atoms with Gasteiger partial charge >= 0.3 is 24.0 Å². The third-order valence-electron chi connectivity index (χ3n) is 7.04. The van der Waals surface area contributed by atoms with Crippen molar-refractivity contribution in [3.05, 3.63) is 72.9 Å². The fourth-order valence-electron chi connectivity index (χ4n) is 4.85. The number of rotatable bonds is 13. The zero-order valence-corrected chi connectivity index (χ0v) is 29.0. The molecule has 50 heavy (non-hydrogen) atoms. The maximum Gasteiger partial charge on any atom is 0.416 e. The molecular formula is C31H40F6N4O8S. The van der Waals surface area contributed by atoms with E-state index in [4.69, 9.17) is 15.2 Å². The molecule has 3 rings (SSSR count). The van der Waals surface area contributed by atoms with Gasteiger partial charge in [0.25, 0.3) is 5.56 Å². The molecule has 0 amide bonds. The molecule has 0 spiro atoms. The molecule has 3 aromatic rings. The van der Waals surface area contributed by atoms with E-state index < -0.39 is 62.9 Å². The zero-order chi connectivity index (χ0) is 38.2. The molecule has 2 atom stereocenters. The van der Waals surface area contributed by atoms with Crippen LogP contribution in [0.25, 0.3) is 10.9 Å². The number of aromatic nitrogens is 2. The summed E-state index contributed by atoms with van der Waals surface area (Å²) in [6, 6.07) is 3.53. The number of benzene rings is 2. The normalized spacial score (nSPS) is 13.4. The van der Waals surface area contributed by atoms with Crippen LogP contribution in [0.15, 0.2) is 33.9 Å². The molecular weight excluding hydrogens is 702 g/mol. The number of nitrogens with one attached hydrogen (secondary N) is 2. The number of H-pyrrole nitrogens is 1. The SMILES string of the molecule is CCCOC(CC)c1cc(C(=O)OC)c(N)cc1C(F)(F)F.CCCOC(CC)c1cc2c(=O)n(NS(C)(=O)=O)c(=O)[nH]c2cc1C(F)(F)F. The minimum Gasteiger partial charge on any atom is -0.465 e. The lowest BCUT2D eigenvalue weighted by Gasteiger charge is -2.22. The number of hydrogen-bond donors (Lipinski definition) is 3. The largest absolute Gasteiger partial charge is 0.465 e. The van der Waals surface area contributed by atoms with Crippen molar-refractivity contribution < 1.29 is 53.8 Å². The molecule has 4 N–H and O–H groups in total. The van der Waals surface area contributed by atoms with Gasteiger partial charge in [0.2, 0.25) is 10.0 Å². The first-order valence-electron chi connectivity index (χ1n) is 15.3. The number of alkyl halides is 6. The molecule has 19 heteroatoms. The fraction of sp³-hybridized carbons (Fsp3) is 0.516. The van der Waals surface area contributed by atoms with Gasteiger partial charge in [-0.2, -0.15) is 31.0 Å². The Morgan fingerprint density at radius 1 is 0.880 bits per heavy atom. The second-order valence-electron chi connectivity index (χ2n) is 11.0. The summed E-state index contributed by atoms with van der Waals surface area (Å²) in [4.78, 5) is 40.0. The first-order valence-corrected chi connectivity index (χ1v) is 17.2. The third kappa shape index (κ3) is 10.7. The number of sulfonamides is 1. The Hall–Kier alpha value is -4.10. The highest BCUT2D eigenvalue weighted by molar-refractivity contribution is 7.91. The molecule has 0 saturated heterocycles. The number of ether oxygens (including phenoxy) is 3. The minimum absolute atomic E-state index is 0.0935. The van der Waals surface area contributed by atoms with Crippen molar-refractivity contribution in [1.82, 2.24) is 9.66 Å². The van der Waals surface area contributed by atoms with Crippen molar-refractivity contribution in [2.75, 3.05) is 37.1 Å². The van der Waals surface area contributed by atoms with Gasteiger partial charge in [-0.15, -0.1) is 0 Å². The molecule has 280 valence electrons. The lowest BCUT2D eigenvalue weighted by Crippen LogP contribution is -2.43. The highest BCUT2D eigenvalue weighted by Crippen LogP contribution is 2.40. The van der Waals surface area contributed by atoms with E-state index in [0.717, 1.165) is 31.6 Å². The first-order chi connectivity index (χ1) is 23.1. The van der Waals surface area contributed by atoms with Crippen molar-refractivity contribution in [1.29, 1.82) is 0 Å². The topological polar surface area (TPSA) is 172 Å². The quantitative estimate of drug-likeness (QED) is 0.107. The Bertz CT molecular complexity index is 1870.